The summed E-state index contributed by atoms with van der Waals surface area (Å²) in [6.45, 7) is 8.33. The third-order valence-electron chi connectivity index (χ3n) is 6.93. The van der Waals surface area contributed by atoms with Gasteiger partial charge in [-0.1, -0.05) is 45.9 Å². The van der Waals surface area contributed by atoms with Crippen molar-refractivity contribution < 1.29 is 24.2 Å². The van der Waals surface area contributed by atoms with Gasteiger partial charge in [0.2, 0.25) is 0 Å². The van der Waals surface area contributed by atoms with Gasteiger partial charge in [-0.25, -0.2) is 0 Å². The number of fused-ring (bicyclic) bond motifs is 1. The second-order valence-corrected chi connectivity index (χ2v) is 9.36. The maximum Gasteiger partial charge on any atom is 2.00 e. The summed E-state index contributed by atoms with van der Waals surface area (Å²) < 4.78 is 11.5. The van der Waals surface area contributed by atoms with Crippen molar-refractivity contribution in [2.24, 2.45) is 29.6 Å². The van der Waals surface area contributed by atoms with E-state index >= 15 is 0 Å². The molecule has 3 aliphatic rings. The van der Waals surface area contributed by atoms with Crippen molar-refractivity contribution in [3.63, 3.8) is 0 Å². The van der Waals surface area contributed by atoms with Crippen LogP contribution in [0.5, 0.6) is 0 Å². The van der Waals surface area contributed by atoms with E-state index in [1.165, 1.54) is 5.57 Å². The third kappa shape index (κ3) is 6.10. The molecule has 0 spiro atoms. The van der Waals surface area contributed by atoms with Gasteiger partial charge in [-0.15, -0.1) is 0 Å². The Hall–Kier alpha value is -0.854. The Morgan fingerprint density at radius 2 is 2.03 bits per heavy atom. The fraction of sp³-hybridized carbons (Fsp3) is 0.750. The number of ether oxygens (including phenoxy) is 2. The molecular weight excluding hydrogens is 393 g/mol. The molecule has 0 amide bonds. The first-order chi connectivity index (χ1) is 13.8. The minimum Gasteiger partial charge on any atom is -0.462 e. The molecule has 0 aromatic rings. The van der Waals surface area contributed by atoms with Crippen LogP contribution in [0.4, 0.5) is 0 Å². The SMILES string of the molecule is CC[C@H](C)C(=O)O[C@H]1C[C@@H](C)C=C2C=C[C@H](C)[C@H](CC[C@@H]3C[C@@H](O)CC(=O)O3)C21.[Mg+2]. The van der Waals surface area contributed by atoms with E-state index in [2.05, 4.69) is 32.1 Å². The monoisotopic (exact) mass is 428 g/mol. The van der Waals surface area contributed by atoms with Gasteiger partial charge in [0.05, 0.1) is 18.4 Å². The van der Waals surface area contributed by atoms with E-state index in [-0.39, 0.29) is 65.5 Å². The summed E-state index contributed by atoms with van der Waals surface area (Å²) in [5.41, 5.74) is 1.27. The van der Waals surface area contributed by atoms with Crippen LogP contribution in [0.2, 0.25) is 0 Å². The number of aliphatic hydroxyl groups is 1. The van der Waals surface area contributed by atoms with E-state index in [4.69, 9.17) is 9.47 Å². The van der Waals surface area contributed by atoms with Crippen molar-refractivity contribution in [3.8, 4) is 0 Å². The van der Waals surface area contributed by atoms with Crippen molar-refractivity contribution in [3.05, 3.63) is 23.8 Å². The van der Waals surface area contributed by atoms with Crippen LogP contribution in [0.15, 0.2) is 23.8 Å². The van der Waals surface area contributed by atoms with Crippen molar-refractivity contribution >= 4 is 35.0 Å². The van der Waals surface area contributed by atoms with Gasteiger partial charge in [-0.05, 0) is 49.0 Å². The van der Waals surface area contributed by atoms with E-state index in [1.54, 1.807) is 0 Å². The largest absolute Gasteiger partial charge is 2.00 e. The molecule has 3 rings (SSSR count). The van der Waals surface area contributed by atoms with E-state index in [0.717, 1.165) is 25.7 Å². The maximum atomic E-state index is 12.5. The number of carbonyl (C=O) groups is 2. The number of hydrogen-bond acceptors (Lipinski definition) is 5. The van der Waals surface area contributed by atoms with Gasteiger partial charge in [0.1, 0.15) is 12.2 Å². The van der Waals surface area contributed by atoms with Gasteiger partial charge >= 0.3 is 35.0 Å². The van der Waals surface area contributed by atoms with E-state index in [1.807, 2.05) is 13.8 Å². The standard InChI is InChI=1S/C24H36O5.Mg/c1-5-15(3)24(27)29-21-11-14(2)10-17-7-6-16(4)20(23(17)21)9-8-19-12-18(25)13-22(26)28-19;/h6-7,10,14-16,18-21,23,25H,5,8-9,11-13H2,1-4H3;/q;+2/t14-,15-,16-,18+,19+,20-,21-,23?;/m0./s1. The Balaban J connectivity index is 0.00000320. The molecule has 0 aromatic carbocycles. The Kier molecular flexibility index (Phi) is 9.44. The minimum absolute atomic E-state index is 0. The Morgan fingerprint density at radius 1 is 1.30 bits per heavy atom. The fourth-order valence-electron chi connectivity index (χ4n) is 5.07. The normalized spacial score (nSPS) is 36.6. The molecule has 30 heavy (non-hydrogen) atoms. The summed E-state index contributed by atoms with van der Waals surface area (Å²) in [5, 5.41) is 9.89. The maximum absolute atomic E-state index is 12.5. The zero-order valence-electron chi connectivity index (χ0n) is 18.9. The summed E-state index contributed by atoms with van der Waals surface area (Å²) in [5.74, 6) is 0.755. The molecule has 0 radical (unpaired) electrons. The average Bonchev–Trinajstić information content (AvgIpc) is 2.65. The first-order valence-corrected chi connectivity index (χ1v) is 11.3. The summed E-state index contributed by atoms with van der Waals surface area (Å²) in [6.07, 6.45) is 9.70. The van der Waals surface area contributed by atoms with Crippen LogP contribution in [0.25, 0.3) is 0 Å². The number of hydrogen-bond donors (Lipinski definition) is 1. The number of carbonyl (C=O) groups excluding carboxylic acids is 2. The molecule has 1 saturated heterocycles. The first-order valence-electron chi connectivity index (χ1n) is 11.3. The quantitative estimate of drug-likeness (QED) is 0.514. The van der Waals surface area contributed by atoms with Gasteiger partial charge in [-0.2, -0.15) is 0 Å². The predicted octanol–water partition coefficient (Wildman–Crippen LogP) is 3.81. The molecule has 0 bridgehead atoms. The number of rotatable bonds is 6. The van der Waals surface area contributed by atoms with Gasteiger partial charge < -0.3 is 14.6 Å². The van der Waals surface area contributed by atoms with Crippen LogP contribution in [-0.4, -0.2) is 58.4 Å². The summed E-state index contributed by atoms with van der Waals surface area (Å²) in [7, 11) is 0. The average molecular weight is 429 g/mol. The zero-order chi connectivity index (χ0) is 21.1. The molecule has 5 nitrogen and oxygen atoms in total. The molecule has 2 aliphatic carbocycles. The number of cyclic esters (lactones) is 1. The first kappa shape index (κ1) is 25.4. The van der Waals surface area contributed by atoms with Gasteiger partial charge in [0, 0.05) is 12.3 Å². The van der Waals surface area contributed by atoms with Crippen LogP contribution in [0, 0.1) is 29.6 Å². The van der Waals surface area contributed by atoms with Crippen molar-refractivity contribution in [1.29, 1.82) is 0 Å². The smallest absolute Gasteiger partial charge is 0.462 e. The summed E-state index contributed by atoms with van der Waals surface area (Å²) >= 11 is 0. The minimum atomic E-state index is -0.597. The van der Waals surface area contributed by atoms with Crippen molar-refractivity contribution in [2.45, 2.75) is 84.5 Å². The molecule has 1 unspecified atom stereocenters. The zero-order valence-corrected chi connectivity index (χ0v) is 20.3. The Labute approximate surface area is 196 Å². The summed E-state index contributed by atoms with van der Waals surface area (Å²) in [4.78, 5) is 24.2. The number of aliphatic hydroxyl groups excluding tert-OH is 1. The van der Waals surface area contributed by atoms with Crippen LogP contribution in [0.1, 0.15) is 66.2 Å². The van der Waals surface area contributed by atoms with Gasteiger partial charge in [0.25, 0.3) is 0 Å². The second-order valence-electron chi connectivity index (χ2n) is 9.36. The van der Waals surface area contributed by atoms with E-state index < -0.39 is 6.10 Å². The molecular formula is C24H36MgO5+2. The molecule has 1 heterocycles. The van der Waals surface area contributed by atoms with Crippen molar-refractivity contribution in [2.75, 3.05) is 0 Å². The molecule has 162 valence electrons. The summed E-state index contributed by atoms with van der Waals surface area (Å²) in [6, 6.07) is 0. The molecule has 1 N–H and O–H groups in total. The second kappa shape index (κ2) is 11.1. The van der Waals surface area contributed by atoms with Crippen LogP contribution >= 0.6 is 0 Å². The van der Waals surface area contributed by atoms with Crippen LogP contribution < -0.4 is 0 Å². The van der Waals surface area contributed by atoms with Crippen LogP contribution in [-0.2, 0) is 19.1 Å². The third-order valence-corrected chi connectivity index (χ3v) is 6.93. The van der Waals surface area contributed by atoms with E-state index in [9.17, 15) is 14.7 Å². The topological polar surface area (TPSA) is 72.8 Å². The predicted molar refractivity (Wildman–Crippen MR) is 117 cm³/mol. The van der Waals surface area contributed by atoms with Gasteiger partial charge in [0.15, 0.2) is 0 Å². The molecule has 1 fully saturated rings. The number of allylic oxidation sites excluding steroid dienone is 3. The molecule has 0 saturated carbocycles. The van der Waals surface area contributed by atoms with Crippen LogP contribution in [0.3, 0.4) is 0 Å². The van der Waals surface area contributed by atoms with E-state index in [0.29, 0.717) is 24.2 Å². The van der Waals surface area contributed by atoms with Gasteiger partial charge in [-0.3, -0.25) is 9.59 Å². The van der Waals surface area contributed by atoms with Crippen molar-refractivity contribution in [1.82, 2.24) is 0 Å². The molecule has 8 atom stereocenters. The molecule has 6 heteroatoms. The Bertz CT molecular complexity index is 673. The fourth-order valence-corrected chi connectivity index (χ4v) is 5.07. The molecule has 0 aromatic heterocycles. The number of esters is 2. The Morgan fingerprint density at radius 3 is 2.70 bits per heavy atom. The molecule has 1 aliphatic heterocycles.